The molecule has 2 aliphatic heterocycles. The standard InChI is InChI=1S/C18H21ClF2N2O3/c1-12-3-2-4-16(24)23(12)14-9-18(20,21)11-22(10-14)17(25)26-15-7-5-13(19)6-8-15/h5-8,12,14H,2-4,9-11H2,1H3/t12-,14?/m1/s1. The van der Waals surface area contributed by atoms with Gasteiger partial charge in [0.15, 0.2) is 0 Å². The monoisotopic (exact) mass is 386 g/mol. The molecule has 2 saturated heterocycles. The number of hydrogen-bond acceptors (Lipinski definition) is 3. The minimum atomic E-state index is -3.07. The summed E-state index contributed by atoms with van der Waals surface area (Å²) in [6.07, 6.45) is 0.620. The Balaban J connectivity index is 1.73. The van der Waals surface area contributed by atoms with Gasteiger partial charge in [0.2, 0.25) is 5.91 Å². The maximum Gasteiger partial charge on any atom is 0.415 e. The van der Waals surface area contributed by atoms with Crippen molar-refractivity contribution in [2.24, 2.45) is 0 Å². The summed E-state index contributed by atoms with van der Waals surface area (Å²) in [7, 11) is 0. The molecule has 1 unspecified atom stereocenters. The lowest BCUT2D eigenvalue weighted by molar-refractivity contribution is -0.146. The lowest BCUT2D eigenvalue weighted by atomic mass is 9.94. The molecule has 0 N–H and O–H groups in total. The number of piperidine rings is 2. The molecule has 2 heterocycles. The lowest BCUT2D eigenvalue weighted by Crippen LogP contribution is -2.60. The summed E-state index contributed by atoms with van der Waals surface area (Å²) in [5.41, 5.74) is 0. The number of alkyl halides is 2. The number of likely N-dealkylation sites (tertiary alicyclic amines) is 2. The third-order valence-corrected chi connectivity index (χ3v) is 5.09. The van der Waals surface area contributed by atoms with Gasteiger partial charge < -0.3 is 9.64 Å². The molecule has 3 rings (SSSR count). The van der Waals surface area contributed by atoms with Crippen LogP contribution in [0, 0.1) is 0 Å². The average molecular weight is 387 g/mol. The van der Waals surface area contributed by atoms with Crippen LogP contribution in [-0.4, -0.2) is 52.9 Å². The SMILES string of the molecule is C[C@@H]1CCCC(=O)N1C1CN(C(=O)Oc2ccc(Cl)cc2)CC(F)(F)C1. The van der Waals surface area contributed by atoms with Gasteiger partial charge in [0.1, 0.15) is 5.75 Å². The van der Waals surface area contributed by atoms with Crippen LogP contribution in [0.15, 0.2) is 24.3 Å². The van der Waals surface area contributed by atoms with E-state index in [9.17, 15) is 18.4 Å². The zero-order chi connectivity index (χ0) is 18.9. The second-order valence-electron chi connectivity index (χ2n) is 6.96. The van der Waals surface area contributed by atoms with E-state index in [1.807, 2.05) is 6.92 Å². The quantitative estimate of drug-likeness (QED) is 0.773. The Hall–Kier alpha value is -1.89. The van der Waals surface area contributed by atoms with Crippen molar-refractivity contribution < 1.29 is 23.1 Å². The van der Waals surface area contributed by atoms with Crippen LogP contribution in [0.2, 0.25) is 5.02 Å². The van der Waals surface area contributed by atoms with Crippen LogP contribution < -0.4 is 4.74 Å². The van der Waals surface area contributed by atoms with Crippen molar-refractivity contribution in [3.63, 3.8) is 0 Å². The second kappa shape index (κ2) is 7.39. The van der Waals surface area contributed by atoms with Crippen LogP contribution in [0.1, 0.15) is 32.6 Å². The molecule has 5 nitrogen and oxygen atoms in total. The fourth-order valence-corrected chi connectivity index (χ4v) is 3.82. The fraction of sp³-hybridized carbons (Fsp3) is 0.556. The molecule has 2 amide bonds. The number of rotatable bonds is 2. The maximum absolute atomic E-state index is 14.3. The van der Waals surface area contributed by atoms with Crippen molar-refractivity contribution >= 4 is 23.6 Å². The molecule has 0 aliphatic carbocycles. The van der Waals surface area contributed by atoms with Crippen LogP contribution in [0.5, 0.6) is 5.75 Å². The highest BCUT2D eigenvalue weighted by molar-refractivity contribution is 6.30. The predicted octanol–water partition coefficient (Wildman–Crippen LogP) is 3.95. The van der Waals surface area contributed by atoms with Crippen LogP contribution in [0.3, 0.4) is 0 Å². The molecular formula is C18H21ClF2N2O3. The van der Waals surface area contributed by atoms with Gasteiger partial charge >= 0.3 is 6.09 Å². The molecular weight excluding hydrogens is 366 g/mol. The molecule has 1 aromatic carbocycles. The van der Waals surface area contributed by atoms with Crippen LogP contribution in [0.25, 0.3) is 0 Å². The largest absolute Gasteiger partial charge is 0.415 e. The topological polar surface area (TPSA) is 49.9 Å². The van der Waals surface area contributed by atoms with E-state index in [-0.39, 0.29) is 24.2 Å². The zero-order valence-electron chi connectivity index (χ0n) is 14.5. The molecule has 1 aromatic rings. The minimum absolute atomic E-state index is 0.0398. The summed E-state index contributed by atoms with van der Waals surface area (Å²) in [5.74, 6) is -2.97. The second-order valence-corrected chi connectivity index (χ2v) is 7.40. The lowest BCUT2D eigenvalue weighted by Gasteiger charge is -2.45. The van der Waals surface area contributed by atoms with E-state index in [1.165, 1.54) is 17.0 Å². The number of benzene rings is 1. The van der Waals surface area contributed by atoms with Crippen LogP contribution in [0.4, 0.5) is 13.6 Å². The minimum Gasteiger partial charge on any atom is -0.410 e. The number of carbonyl (C=O) groups is 2. The Labute approximate surface area is 155 Å². The third-order valence-electron chi connectivity index (χ3n) is 4.83. The highest BCUT2D eigenvalue weighted by Crippen LogP contribution is 2.33. The van der Waals surface area contributed by atoms with E-state index in [0.717, 1.165) is 17.7 Å². The molecule has 0 bridgehead atoms. The maximum atomic E-state index is 14.3. The van der Waals surface area contributed by atoms with Crippen LogP contribution in [-0.2, 0) is 4.79 Å². The van der Waals surface area contributed by atoms with Gasteiger partial charge in [-0.05, 0) is 44.0 Å². The van der Waals surface area contributed by atoms with E-state index in [1.54, 1.807) is 12.1 Å². The predicted molar refractivity (Wildman–Crippen MR) is 92.6 cm³/mol. The first-order valence-electron chi connectivity index (χ1n) is 8.66. The van der Waals surface area contributed by atoms with E-state index in [2.05, 4.69) is 0 Å². The average Bonchev–Trinajstić information content (AvgIpc) is 2.55. The number of hydrogen-bond donors (Lipinski definition) is 0. The Morgan fingerprint density at radius 3 is 2.65 bits per heavy atom. The molecule has 142 valence electrons. The molecule has 8 heteroatoms. The number of amides is 2. The van der Waals surface area contributed by atoms with Crippen molar-refractivity contribution in [1.29, 1.82) is 0 Å². The van der Waals surface area contributed by atoms with E-state index in [0.29, 0.717) is 11.4 Å². The fourth-order valence-electron chi connectivity index (χ4n) is 3.69. The number of carbonyl (C=O) groups excluding carboxylic acids is 2. The first-order valence-corrected chi connectivity index (χ1v) is 9.04. The van der Waals surface area contributed by atoms with Gasteiger partial charge in [0.05, 0.1) is 12.6 Å². The zero-order valence-corrected chi connectivity index (χ0v) is 15.2. The van der Waals surface area contributed by atoms with Crippen LogP contribution >= 0.6 is 11.6 Å². The van der Waals surface area contributed by atoms with Crippen molar-refractivity contribution in [3.05, 3.63) is 29.3 Å². The van der Waals surface area contributed by atoms with Gasteiger partial charge in [-0.25, -0.2) is 13.6 Å². The van der Waals surface area contributed by atoms with Gasteiger partial charge in [-0.2, -0.15) is 0 Å². The molecule has 0 spiro atoms. The summed E-state index contributed by atoms with van der Waals surface area (Å²) < 4.78 is 33.7. The van der Waals surface area contributed by atoms with Crippen molar-refractivity contribution in [3.8, 4) is 5.75 Å². The molecule has 0 aromatic heterocycles. The number of nitrogens with zero attached hydrogens (tertiary/aromatic N) is 2. The third kappa shape index (κ3) is 4.26. The smallest absolute Gasteiger partial charge is 0.410 e. The Kier molecular flexibility index (Phi) is 5.37. The van der Waals surface area contributed by atoms with Gasteiger partial charge in [0, 0.05) is 30.5 Å². The van der Waals surface area contributed by atoms with Crippen molar-refractivity contribution in [2.75, 3.05) is 13.1 Å². The number of halogens is 3. The molecule has 2 fully saturated rings. The van der Waals surface area contributed by atoms with Gasteiger partial charge in [-0.15, -0.1) is 0 Å². The van der Waals surface area contributed by atoms with Gasteiger partial charge in [-0.1, -0.05) is 11.6 Å². The highest BCUT2D eigenvalue weighted by Gasteiger charge is 2.46. The summed E-state index contributed by atoms with van der Waals surface area (Å²) in [4.78, 5) is 27.1. The van der Waals surface area contributed by atoms with Gasteiger partial charge in [-0.3, -0.25) is 9.69 Å². The summed E-state index contributed by atoms with van der Waals surface area (Å²) in [6, 6.07) is 5.27. The Morgan fingerprint density at radius 1 is 1.31 bits per heavy atom. The normalized spacial score (nSPS) is 25.9. The Bertz CT molecular complexity index is 684. The molecule has 26 heavy (non-hydrogen) atoms. The summed E-state index contributed by atoms with van der Waals surface area (Å²) in [5, 5.41) is 0.479. The first-order chi connectivity index (χ1) is 12.2. The first kappa shape index (κ1) is 18.9. The van der Waals surface area contributed by atoms with Crippen molar-refractivity contribution in [1.82, 2.24) is 9.80 Å². The van der Waals surface area contributed by atoms with E-state index in [4.69, 9.17) is 16.3 Å². The van der Waals surface area contributed by atoms with Crippen molar-refractivity contribution in [2.45, 2.75) is 50.6 Å². The summed E-state index contributed by atoms with van der Waals surface area (Å²) in [6.45, 7) is 1.19. The summed E-state index contributed by atoms with van der Waals surface area (Å²) >= 11 is 5.78. The van der Waals surface area contributed by atoms with E-state index >= 15 is 0 Å². The molecule has 0 radical (unpaired) electrons. The van der Waals surface area contributed by atoms with E-state index < -0.39 is 31.0 Å². The molecule has 0 saturated carbocycles. The highest BCUT2D eigenvalue weighted by atomic mass is 35.5. The van der Waals surface area contributed by atoms with Gasteiger partial charge in [0.25, 0.3) is 5.92 Å². The molecule has 2 aliphatic rings. The number of ether oxygens (including phenoxy) is 1. The Morgan fingerprint density at radius 2 is 2.00 bits per heavy atom. The molecule has 2 atom stereocenters.